The lowest BCUT2D eigenvalue weighted by Gasteiger charge is -2.26. The number of ether oxygens (including phenoxy) is 1. The van der Waals surface area contributed by atoms with Crippen LogP contribution < -0.4 is 11.3 Å². The van der Waals surface area contributed by atoms with Gasteiger partial charge in [0.2, 0.25) is 0 Å². The molecule has 1 saturated heterocycles. The minimum Gasteiger partial charge on any atom is -0.444 e. The van der Waals surface area contributed by atoms with Gasteiger partial charge in [-0.3, -0.25) is 11.3 Å². The number of hydrazine groups is 1. The Labute approximate surface area is 110 Å². The van der Waals surface area contributed by atoms with Crippen molar-refractivity contribution in [1.29, 1.82) is 0 Å². The molecule has 106 valence electrons. The molecule has 1 unspecified atom stereocenters. The second-order valence-corrected chi connectivity index (χ2v) is 6.01. The molecule has 0 radical (unpaired) electrons. The maximum atomic E-state index is 12.0. The van der Waals surface area contributed by atoms with Crippen LogP contribution in [0.25, 0.3) is 0 Å². The van der Waals surface area contributed by atoms with Crippen LogP contribution in [0.15, 0.2) is 0 Å². The normalized spacial score (nSPS) is 21.6. The van der Waals surface area contributed by atoms with Crippen LogP contribution in [-0.4, -0.2) is 36.2 Å². The number of nitrogens with two attached hydrogens (primary N) is 1. The maximum Gasteiger partial charge on any atom is 0.410 e. The van der Waals surface area contributed by atoms with Crippen LogP contribution in [0.5, 0.6) is 0 Å². The first-order valence-corrected chi connectivity index (χ1v) is 6.84. The van der Waals surface area contributed by atoms with Gasteiger partial charge in [-0.1, -0.05) is 0 Å². The van der Waals surface area contributed by atoms with Crippen molar-refractivity contribution in [2.45, 2.75) is 52.1 Å². The molecule has 0 aliphatic carbocycles. The molecular weight excluding hydrogens is 230 g/mol. The first kappa shape index (κ1) is 15.2. The summed E-state index contributed by atoms with van der Waals surface area (Å²) in [7, 11) is 0. The van der Waals surface area contributed by atoms with E-state index in [1.165, 1.54) is 6.42 Å². The van der Waals surface area contributed by atoms with Crippen molar-refractivity contribution < 1.29 is 9.53 Å². The van der Waals surface area contributed by atoms with Gasteiger partial charge in [-0.05, 0) is 52.4 Å². The van der Waals surface area contributed by atoms with E-state index in [2.05, 4.69) is 5.43 Å². The lowest BCUT2D eigenvalue weighted by Crippen LogP contribution is -2.37. The third kappa shape index (κ3) is 5.69. The second kappa shape index (κ2) is 6.95. The van der Waals surface area contributed by atoms with Crippen molar-refractivity contribution in [2.24, 2.45) is 11.8 Å². The van der Waals surface area contributed by atoms with Crippen LogP contribution in [0.4, 0.5) is 4.79 Å². The summed E-state index contributed by atoms with van der Waals surface area (Å²) in [5.41, 5.74) is 2.28. The van der Waals surface area contributed by atoms with Crippen molar-refractivity contribution in [3.63, 3.8) is 0 Å². The van der Waals surface area contributed by atoms with Crippen LogP contribution in [0.2, 0.25) is 0 Å². The van der Waals surface area contributed by atoms with Gasteiger partial charge in [-0.2, -0.15) is 0 Å². The average molecular weight is 257 g/mol. The van der Waals surface area contributed by atoms with E-state index in [0.29, 0.717) is 5.92 Å². The Bertz CT molecular complexity index is 263. The zero-order chi connectivity index (χ0) is 13.6. The van der Waals surface area contributed by atoms with Crippen molar-refractivity contribution in [1.82, 2.24) is 10.3 Å². The minimum absolute atomic E-state index is 0.180. The molecule has 1 amide bonds. The van der Waals surface area contributed by atoms with E-state index < -0.39 is 5.60 Å². The van der Waals surface area contributed by atoms with Crippen LogP contribution in [0, 0.1) is 5.92 Å². The van der Waals surface area contributed by atoms with Gasteiger partial charge in [0.05, 0.1) is 0 Å². The highest BCUT2D eigenvalue weighted by molar-refractivity contribution is 5.68. The van der Waals surface area contributed by atoms with Gasteiger partial charge in [0.25, 0.3) is 0 Å². The summed E-state index contributed by atoms with van der Waals surface area (Å²) in [5.74, 6) is 5.96. The predicted octanol–water partition coefficient (Wildman–Crippen LogP) is 1.88. The van der Waals surface area contributed by atoms with Crippen molar-refractivity contribution in [3.05, 3.63) is 0 Å². The van der Waals surface area contributed by atoms with Crippen LogP contribution >= 0.6 is 0 Å². The van der Waals surface area contributed by atoms with E-state index in [4.69, 9.17) is 10.6 Å². The fraction of sp³-hybridized carbons (Fsp3) is 0.923. The largest absolute Gasteiger partial charge is 0.444 e. The molecule has 18 heavy (non-hydrogen) atoms. The summed E-state index contributed by atoms with van der Waals surface area (Å²) < 4.78 is 5.40. The Hall–Kier alpha value is -0.810. The monoisotopic (exact) mass is 257 g/mol. The number of hydrogen-bond donors (Lipinski definition) is 2. The summed E-state index contributed by atoms with van der Waals surface area (Å²) in [6.07, 6.45) is 4.16. The van der Waals surface area contributed by atoms with Crippen LogP contribution in [-0.2, 0) is 4.74 Å². The van der Waals surface area contributed by atoms with E-state index in [9.17, 15) is 4.79 Å². The molecule has 0 aromatic carbocycles. The fourth-order valence-electron chi connectivity index (χ4n) is 2.25. The molecule has 1 aliphatic rings. The second-order valence-electron chi connectivity index (χ2n) is 6.01. The van der Waals surface area contributed by atoms with Gasteiger partial charge in [-0.25, -0.2) is 4.79 Å². The van der Waals surface area contributed by atoms with Gasteiger partial charge in [0.15, 0.2) is 0 Å². The molecule has 5 heteroatoms. The number of nitrogens with zero attached hydrogens (tertiary/aromatic N) is 1. The number of rotatable bonds is 3. The van der Waals surface area contributed by atoms with Crippen molar-refractivity contribution >= 4 is 6.09 Å². The number of amides is 1. The SMILES string of the molecule is CC(C)(C)OC(=O)N1CCCC(CCNN)CC1. The molecule has 5 nitrogen and oxygen atoms in total. The standard InChI is InChI=1S/C13H27N3O2/c1-13(2,3)18-12(17)16-9-4-5-11(7-10-16)6-8-15-14/h11,15H,4-10,14H2,1-3H3. The summed E-state index contributed by atoms with van der Waals surface area (Å²) in [6.45, 7) is 8.15. The van der Waals surface area contributed by atoms with E-state index in [0.717, 1.165) is 38.9 Å². The third-order valence-corrected chi connectivity index (χ3v) is 3.20. The van der Waals surface area contributed by atoms with Crippen LogP contribution in [0.3, 0.4) is 0 Å². The Morgan fingerprint density at radius 2 is 2.11 bits per heavy atom. The minimum atomic E-state index is -0.410. The van der Waals surface area contributed by atoms with Crippen LogP contribution in [0.1, 0.15) is 46.5 Å². The molecule has 1 atom stereocenters. The molecule has 1 heterocycles. The third-order valence-electron chi connectivity index (χ3n) is 3.20. The molecule has 0 aromatic rings. The van der Waals surface area contributed by atoms with Crippen molar-refractivity contribution in [2.75, 3.05) is 19.6 Å². The summed E-state index contributed by atoms with van der Waals surface area (Å²) in [6, 6.07) is 0. The van der Waals surface area contributed by atoms with E-state index in [-0.39, 0.29) is 6.09 Å². The zero-order valence-electron chi connectivity index (χ0n) is 11.9. The Kier molecular flexibility index (Phi) is 5.88. The Morgan fingerprint density at radius 3 is 2.72 bits per heavy atom. The molecule has 0 bridgehead atoms. The van der Waals surface area contributed by atoms with Gasteiger partial charge in [0.1, 0.15) is 5.60 Å². The molecule has 1 aliphatic heterocycles. The van der Waals surface area contributed by atoms with Gasteiger partial charge in [-0.15, -0.1) is 0 Å². The Balaban J connectivity index is 2.39. The smallest absolute Gasteiger partial charge is 0.410 e. The quantitative estimate of drug-likeness (QED) is 0.598. The number of carbonyl (C=O) groups is 1. The summed E-state index contributed by atoms with van der Waals surface area (Å²) >= 11 is 0. The number of carbonyl (C=O) groups excluding carboxylic acids is 1. The fourth-order valence-corrected chi connectivity index (χ4v) is 2.25. The molecule has 0 aromatic heterocycles. The Morgan fingerprint density at radius 1 is 1.39 bits per heavy atom. The molecule has 1 fully saturated rings. The number of hydrogen-bond acceptors (Lipinski definition) is 4. The maximum absolute atomic E-state index is 12.0. The highest BCUT2D eigenvalue weighted by Gasteiger charge is 2.24. The number of likely N-dealkylation sites (tertiary alicyclic amines) is 1. The molecule has 1 rings (SSSR count). The predicted molar refractivity (Wildman–Crippen MR) is 72.0 cm³/mol. The van der Waals surface area contributed by atoms with Crippen molar-refractivity contribution in [3.8, 4) is 0 Å². The molecule has 3 N–H and O–H groups in total. The van der Waals surface area contributed by atoms with E-state index >= 15 is 0 Å². The summed E-state index contributed by atoms with van der Waals surface area (Å²) in [4.78, 5) is 13.8. The highest BCUT2D eigenvalue weighted by atomic mass is 16.6. The molecular formula is C13H27N3O2. The van der Waals surface area contributed by atoms with Gasteiger partial charge >= 0.3 is 6.09 Å². The highest BCUT2D eigenvalue weighted by Crippen LogP contribution is 2.21. The molecule has 0 saturated carbocycles. The first-order chi connectivity index (χ1) is 8.42. The molecule has 0 spiro atoms. The lowest BCUT2D eigenvalue weighted by atomic mass is 9.97. The van der Waals surface area contributed by atoms with E-state index in [1.807, 2.05) is 25.7 Å². The average Bonchev–Trinajstić information content (AvgIpc) is 2.49. The topological polar surface area (TPSA) is 67.6 Å². The zero-order valence-corrected chi connectivity index (χ0v) is 11.9. The first-order valence-electron chi connectivity index (χ1n) is 6.84. The lowest BCUT2D eigenvalue weighted by molar-refractivity contribution is 0.0255. The summed E-state index contributed by atoms with van der Waals surface area (Å²) in [5, 5.41) is 0. The number of nitrogens with one attached hydrogen (secondary N) is 1. The van der Waals surface area contributed by atoms with Gasteiger partial charge in [0, 0.05) is 19.6 Å². The van der Waals surface area contributed by atoms with Gasteiger partial charge < -0.3 is 9.64 Å². The van der Waals surface area contributed by atoms with E-state index in [1.54, 1.807) is 0 Å².